The van der Waals surface area contributed by atoms with Crippen LogP contribution >= 0.6 is 23.2 Å². The molecule has 0 amide bonds. The maximum absolute atomic E-state index is 12.2. The minimum Gasteiger partial charge on any atom is -0.310 e. The van der Waals surface area contributed by atoms with E-state index in [2.05, 4.69) is 14.9 Å². The van der Waals surface area contributed by atoms with E-state index < -0.39 is 0 Å². The summed E-state index contributed by atoms with van der Waals surface area (Å²) in [5, 5.41) is 1.28. The van der Waals surface area contributed by atoms with Gasteiger partial charge in [-0.3, -0.25) is 9.69 Å². The van der Waals surface area contributed by atoms with E-state index in [4.69, 9.17) is 23.2 Å². The number of hydrogen-bond acceptors (Lipinski definition) is 3. The molecule has 0 radical (unpaired) electrons. The number of fused-ring (bicyclic) bond motifs is 1. The van der Waals surface area contributed by atoms with Crippen molar-refractivity contribution in [3.63, 3.8) is 0 Å². The normalized spacial score (nSPS) is 15.0. The molecule has 2 aromatic rings. The minimum absolute atomic E-state index is 0.00384. The second-order valence-electron chi connectivity index (χ2n) is 6.27. The summed E-state index contributed by atoms with van der Waals surface area (Å²) in [6.07, 6.45) is 0.713. The smallest absolute Gasteiger partial charge is 0.254 e. The van der Waals surface area contributed by atoms with Crippen molar-refractivity contribution in [2.45, 2.75) is 39.3 Å². The molecule has 0 saturated carbocycles. The van der Waals surface area contributed by atoms with Gasteiger partial charge in [0.1, 0.15) is 5.82 Å². The van der Waals surface area contributed by atoms with E-state index in [0.29, 0.717) is 23.0 Å². The Morgan fingerprint density at radius 2 is 1.96 bits per heavy atom. The average molecular weight is 352 g/mol. The van der Waals surface area contributed by atoms with Gasteiger partial charge in [-0.05, 0) is 30.2 Å². The van der Waals surface area contributed by atoms with Gasteiger partial charge in [0, 0.05) is 41.2 Å². The van der Waals surface area contributed by atoms with E-state index in [1.54, 1.807) is 6.07 Å². The van der Waals surface area contributed by atoms with Crippen molar-refractivity contribution in [1.29, 1.82) is 0 Å². The number of halogens is 2. The molecule has 0 aliphatic carbocycles. The van der Waals surface area contributed by atoms with Gasteiger partial charge in [-0.25, -0.2) is 4.98 Å². The molecule has 122 valence electrons. The number of hydrogen-bond donors (Lipinski definition) is 1. The van der Waals surface area contributed by atoms with Crippen LogP contribution in [0.25, 0.3) is 0 Å². The highest BCUT2D eigenvalue weighted by Gasteiger charge is 2.21. The van der Waals surface area contributed by atoms with E-state index >= 15 is 0 Å². The number of nitrogens with zero attached hydrogens (tertiary/aromatic N) is 2. The molecule has 2 heterocycles. The third kappa shape index (κ3) is 3.77. The van der Waals surface area contributed by atoms with Gasteiger partial charge in [-0.15, -0.1) is 0 Å². The molecule has 0 unspecified atom stereocenters. The van der Waals surface area contributed by atoms with Crippen LogP contribution in [0.4, 0.5) is 0 Å². The lowest BCUT2D eigenvalue weighted by Gasteiger charge is -2.28. The Morgan fingerprint density at radius 3 is 2.61 bits per heavy atom. The van der Waals surface area contributed by atoms with E-state index in [1.807, 2.05) is 26.0 Å². The van der Waals surface area contributed by atoms with Crippen molar-refractivity contribution >= 4 is 23.2 Å². The SMILES string of the molecule is CC(C)c1nc2c(c(=O)[nH]1)CCN(Cc1cc(Cl)cc(Cl)c1)C2. The van der Waals surface area contributed by atoms with Crippen LogP contribution in [0.5, 0.6) is 0 Å². The van der Waals surface area contributed by atoms with E-state index in [-0.39, 0.29) is 11.5 Å². The summed E-state index contributed by atoms with van der Waals surface area (Å²) in [5.41, 5.74) is 2.77. The number of aromatic amines is 1. The lowest BCUT2D eigenvalue weighted by Crippen LogP contribution is -2.35. The van der Waals surface area contributed by atoms with Gasteiger partial charge in [0.2, 0.25) is 0 Å². The molecule has 1 N–H and O–H groups in total. The Kier molecular flexibility index (Phi) is 4.76. The quantitative estimate of drug-likeness (QED) is 0.915. The standard InChI is InChI=1S/C17H19Cl2N3O/c1-10(2)16-20-15-9-22(4-3-14(15)17(23)21-16)8-11-5-12(18)7-13(19)6-11/h5-7,10H,3-4,8-9H2,1-2H3,(H,20,21,23). The van der Waals surface area contributed by atoms with Gasteiger partial charge in [0.15, 0.2) is 0 Å². The summed E-state index contributed by atoms with van der Waals surface area (Å²) >= 11 is 12.1. The van der Waals surface area contributed by atoms with Crippen LogP contribution in [-0.4, -0.2) is 21.4 Å². The number of aromatic nitrogens is 2. The molecule has 3 rings (SSSR count). The fourth-order valence-electron chi connectivity index (χ4n) is 2.88. The van der Waals surface area contributed by atoms with E-state index in [9.17, 15) is 4.79 Å². The molecule has 0 saturated heterocycles. The van der Waals surface area contributed by atoms with Crippen molar-refractivity contribution in [2.75, 3.05) is 6.54 Å². The fourth-order valence-corrected chi connectivity index (χ4v) is 3.45. The van der Waals surface area contributed by atoms with Crippen LogP contribution in [-0.2, 0) is 19.5 Å². The summed E-state index contributed by atoms with van der Waals surface area (Å²) in [7, 11) is 0. The summed E-state index contributed by atoms with van der Waals surface area (Å²) in [6, 6.07) is 5.58. The van der Waals surface area contributed by atoms with Gasteiger partial charge in [0.05, 0.1) is 5.69 Å². The summed E-state index contributed by atoms with van der Waals surface area (Å²) < 4.78 is 0. The zero-order chi connectivity index (χ0) is 16.6. The summed E-state index contributed by atoms with van der Waals surface area (Å²) in [6.45, 7) is 6.29. The van der Waals surface area contributed by atoms with Crippen LogP contribution in [0, 0.1) is 0 Å². The second kappa shape index (κ2) is 6.63. The van der Waals surface area contributed by atoms with Crippen molar-refractivity contribution in [2.24, 2.45) is 0 Å². The number of nitrogens with one attached hydrogen (secondary N) is 1. The van der Waals surface area contributed by atoms with Crippen molar-refractivity contribution in [3.05, 3.63) is 61.2 Å². The van der Waals surface area contributed by atoms with Crippen LogP contribution < -0.4 is 5.56 Å². The Morgan fingerprint density at radius 1 is 1.26 bits per heavy atom. The molecular formula is C17H19Cl2N3O. The Labute approximate surface area is 145 Å². The van der Waals surface area contributed by atoms with Crippen molar-refractivity contribution in [3.8, 4) is 0 Å². The van der Waals surface area contributed by atoms with Crippen LogP contribution in [0.1, 0.15) is 42.4 Å². The maximum Gasteiger partial charge on any atom is 0.254 e. The monoisotopic (exact) mass is 351 g/mol. The maximum atomic E-state index is 12.2. The molecule has 1 aromatic carbocycles. The fraction of sp³-hybridized carbons (Fsp3) is 0.412. The average Bonchev–Trinajstić information content (AvgIpc) is 2.45. The molecule has 1 aliphatic heterocycles. The number of rotatable bonds is 3. The number of benzene rings is 1. The van der Waals surface area contributed by atoms with E-state index in [0.717, 1.165) is 35.7 Å². The van der Waals surface area contributed by atoms with Crippen molar-refractivity contribution in [1.82, 2.24) is 14.9 Å². The molecule has 0 bridgehead atoms. The second-order valence-corrected chi connectivity index (χ2v) is 7.14. The minimum atomic E-state index is 0.00384. The van der Waals surface area contributed by atoms with Crippen LogP contribution in [0.2, 0.25) is 10.0 Å². The summed E-state index contributed by atoms with van der Waals surface area (Å²) in [4.78, 5) is 22.0. The molecule has 1 aromatic heterocycles. The zero-order valence-corrected chi connectivity index (χ0v) is 14.7. The van der Waals surface area contributed by atoms with Crippen LogP contribution in [0.15, 0.2) is 23.0 Å². The van der Waals surface area contributed by atoms with Gasteiger partial charge < -0.3 is 4.98 Å². The zero-order valence-electron chi connectivity index (χ0n) is 13.2. The predicted molar refractivity (Wildman–Crippen MR) is 93.2 cm³/mol. The summed E-state index contributed by atoms with van der Waals surface area (Å²) in [5.74, 6) is 0.955. The first-order valence-electron chi connectivity index (χ1n) is 7.71. The van der Waals surface area contributed by atoms with Gasteiger partial charge in [0.25, 0.3) is 5.56 Å². The van der Waals surface area contributed by atoms with Crippen molar-refractivity contribution < 1.29 is 0 Å². The molecule has 0 atom stereocenters. The Balaban J connectivity index is 1.83. The molecular weight excluding hydrogens is 333 g/mol. The van der Waals surface area contributed by atoms with Gasteiger partial charge in [-0.2, -0.15) is 0 Å². The third-order valence-electron chi connectivity index (χ3n) is 4.05. The highest BCUT2D eigenvalue weighted by Crippen LogP contribution is 2.22. The first kappa shape index (κ1) is 16.5. The van der Waals surface area contributed by atoms with Gasteiger partial charge in [-0.1, -0.05) is 37.0 Å². The largest absolute Gasteiger partial charge is 0.310 e. The first-order valence-corrected chi connectivity index (χ1v) is 8.47. The van der Waals surface area contributed by atoms with Crippen LogP contribution in [0.3, 0.4) is 0 Å². The molecule has 1 aliphatic rings. The lowest BCUT2D eigenvalue weighted by atomic mass is 10.0. The Hall–Kier alpha value is -1.36. The molecule has 6 heteroatoms. The highest BCUT2D eigenvalue weighted by molar-refractivity contribution is 6.34. The van der Waals surface area contributed by atoms with Gasteiger partial charge >= 0.3 is 0 Å². The molecule has 0 fully saturated rings. The number of H-pyrrole nitrogens is 1. The highest BCUT2D eigenvalue weighted by atomic mass is 35.5. The first-order chi connectivity index (χ1) is 10.9. The topological polar surface area (TPSA) is 49.0 Å². The molecule has 0 spiro atoms. The third-order valence-corrected chi connectivity index (χ3v) is 4.48. The Bertz CT molecular complexity index is 766. The predicted octanol–water partition coefficient (Wildman–Crippen LogP) is 3.76. The molecule has 23 heavy (non-hydrogen) atoms. The molecule has 4 nitrogen and oxygen atoms in total. The lowest BCUT2D eigenvalue weighted by molar-refractivity contribution is 0.240. The van der Waals surface area contributed by atoms with E-state index in [1.165, 1.54) is 0 Å².